The van der Waals surface area contributed by atoms with Crippen molar-refractivity contribution < 1.29 is 14.3 Å². The number of nitrogens with zero attached hydrogens (tertiary/aromatic N) is 1. The highest BCUT2D eigenvalue weighted by molar-refractivity contribution is 5.86. The van der Waals surface area contributed by atoms with Crippen molar-refractivity contribution in [2.24, 2.45) is 0 Å². The molecule has 0 radical (unpaired) electrons. The molecule has 142 valence electrons. The molecule has 0 N–H and O–H groups in total. The molecule has 0 saturated carbocycles. The number of hydrogen-bond donors (Lipinski definition) is 0. The molecule has 0 bridgehead atoms. The Hall–Kier alpha value is -2.17. The van der Waals surface area contributed by atoms with Crippen molar-refractivity contribution in [2.45, 2.75) is 33.0 Å². The van der Waals surface area contributed by atoms with Crippen LogP contribution in [0.15, 0.2) is 60.7 Å². The Labute approximate surface area is 157 Å². The van der Waals surface area contributed by atoms with E-state index in [1.807, 2.05) is 81.4 Å². The fraction of sp³-hybridized carbons (Fsp3) is 0.409. The highest BCUT2D eigenvalue weighted by Gasteiger charge is 2.23. The first-order valence-electron chi connectivity index (χ1n) is 9.05. The van der Waals surface area contributed by atoms with Crippen LogP contribution in [0.1, 0.15) is 37.8 Å². The molecule has 2 aromatic carbocycles. The summed E-state index contributed by atoms with van der Waals surface area (Å²) in [5, 5.41) is 0. The van der Waals surface area contributed by atoms with Gasteiger partial charge in [0.1, 0.15) is 0 Å². The number of likely N-dealkylation sites (N-methyl/N-ethyl adjacent to an activating group) is 1. The van der Waals surface area contributed by atoms with E-state index in [4.69, 9.17) is 9.47 Å². The number of carbonyl (C=O) groups is 1. The van der Waals surface area contributed by atoms with Crippen LogP contribution in [0.25, 0.3) is 0 Å². The highest BCUT2D eigenvalue weighted by atomic mass is 16.7. The summed E-state index contributed by atoms with van der Waals surface area (Å²) in [7, 11) is 3.59. The van der Waals surface area contributed by atoms with E-state index < -0.39 is 0 Å². The van der Waals surface area contributed by atoms with Crippen molar-refractivity contribution in [1.82, 2.24) is 4.90 Å². The number of ether oxygens (including phenoxy) is 2. The van der Waals surface area contributed by atoms with Gasteiger partial charge in [-0.25, -0.2) is 0 Å². The zero-order valence-corrected chi connectivity index (χ0v) is 16.5. The molecular weight excluding hydrogens is 326 g/mol. The van der Waals surface area contributed by atoms with E-state index in [0.717, 1.165) is 24.3 Å². The molecular formula is C22H31NO3. The Bertz CT molecular complexity index is 568. The molecule has 4 nitrogen and oxygen atoms in total. The van der Waals surface area contributed by atoms with Crippen molar-refractivity contribution in [3.63, 3.8) is 0 Å². The predicted octanol–water partition coefficient (Wildman–Crippen LogP) is 4.31. The van der Waals surface area contributed by atoms with Crippen LogP contribution in [0, 0.1) is 0 Å². The number of hydrogen-bond acceptors (Lipinski definition) is 3. The third-order valence-corrected chi connectivity index (χ3v) is 3.76. The fourth-order valence-electron chi connectivity index (χ4n) is 2.54. The van der Waals surface area contributed by atoms with Crippen LogP contribution in [0.4, 0.5) is 0 Å². The topological polar surface area (TPSA) is 38.8 Å². The average molecular weight is 357 g/mol. The lowest BCUT2D eigenvalue weighted by Crippen LogP contribution is -2.28. The first kappa shape index (κ1) is 21.9. The minimum Gasteiger partial charge on any atom is -0.353 e. The largest absolute Gasteiger partial charge is 0.353 e. The van der Waals surface area contributed by atoms with Crippen molar-refractivity contribution in [3.05, 3.63) is 71.8 Å². The normalized spacial score (nSPS) is 10.4. The van der Waals surface area contributed by atoms with E-state index >= 15 is 0 Å². The van der Waals surface area contributed by atoms with Gasteiger partial charge in [0.05, 0.1) is 5.92 Å². The SMILES string of the molecule is CCOC(C)OCC.CN(C)C(=O)C(c1ccccc1)c1ccccc1. The average Bonchev–Trinajstić information content (AvgIpc) is 2.64. The number of carbonyl (C=O) groups excluding carboxylic acids is 1. The molecule has 0 unspecified atom stereocenters. The molecule has 0 aromatic heterocycles. The maximum absolute atomic E-state index is 12.4. The van der Waals surface area contributed by atoms with E-state index in [-0.39, 0.29) is 18.1 Å². The van der Waals surface area contributed by atoms with Gasteiger partial charge < -0.3 is 14.4 Å². The molecule has 0 atom stereocenters. The van der Waals surface area contributed by atoms with Gasteiger partial charge in [0.2, 0.25) is 5.91 Å². The van der Waals surface area contributed by atoms with Gasteiger partial charge in [0.25, 0.3) is 0 Å². The van der Waals surface area contributed by atoms with Gasteiger partial charge in [0.15, 0.2) is 6.29 Å². The van der Waals surface area contributed by atoms with Gasteiger partial charge in [0, 0.05) is 27.3 Å². The first-order valence-corrected chi connectivity index (χ1v) is 9.05. The Morgan fingerprint density at radius 1 is 0.846 bits per heavy atom. The lowest BCUT2D eigenvalue weighted by Gasteiger charge is -2.21. The Morgan fingerprint density at radius 3 is 1.54 bits per heavy atom. The molecule has 0 fully saturated rings. The maximum Gasteiger partial charge on any atom is 0.234 e. The van der Waals surface area contributed by atoms with Gasteiger partial charge in [-0.15, -0.1) is 0 Å². The molecule has 0 aliphatic rings. The smallest absolute Gasteiger partial charge is 0.234 e. The standard InChI is InChI=1S/C16H17NO.C6H14O2/c1-17(2)16(18)15(13-9-5-3-6-10-13)14-11-7-4-8-12-14;1-4-7-6(3)8-5-2/h3-12,15H,1-2H3;6H,4-5H2,1-3H3. The molecule has 0 aliphatic carbocycles. The summed E-state index contributed by atoms with van der Waals surface area (Å²) in [5.74, 6) is -0.116. The zero-order chi connectivity index (χ0) is 19.4. The minimum absolute atomic E-state index is 0.0370. The van der Waals surface area contributed by atoms with Crippen LogP contribution in [-0.2, 0) is 14.3 Å². The van der Waals surface area contributed by atoms with E-state index in [1.165, 1.54) is 0 Å². The maximum atomic E-state index is 12.4. The van der Waals surface area contributed by atoms with E-state index in [1.54, 1.807) is 19.0 Å². The lowest BCUT2D eigenvalue weighted by atomic mass is 9.90. The van der Waals surface area contributed by atoms with E-state index in [9.17, 15) is 4.79 Å². The molecule has 0 spiro atoms. The molecule has 0 heterocycles. The third-order valence-electron chi connectivity index (χ3n) is 3.76. The second-order valence-electron chi connectivity index (χ2n) is 5.97. The van der Waals surface area contributed by atoms with Crippen molar-refractivity contribution >= 4 is 5.91 Å². The van der Waals surface area contributed by atoms with Crippen molar-refractivity contribution in [3.8, 4) is 0 Å². The summed E-state index contributed by atoms with van der Waals surface area (Å²) in [6.07, 6.45) is -0.0370. The van der Waals surface area contributed by atoms with Crippen LogP contribution in [0.2, 0.25) is 0 Å². The first-order chi connectivity index (χ1) is 12.5. The third kappa shape index (κ3) is 7.38. The summed E-state index contributed by atoms with van der Waals surface area (Å²) in [5.41, 5.74) is 2.06. The Balaban J connectivity index is 0.000000359. The Morgan fingerprint density at radius 2 is 1.23 bits per heavy atom. The summed E-state index contributed by atoms with van der Waals surface area (Å²) in [4.78, 5) is 14.0. The molecule has 4 heteroatoms. The summed E-state index contributed by atoms with van der Waals surface area (Å²) < 4.78 is 10.1. The lowest BCUT2D eigenvalue weighted by molar-refractivity contribution is -0.129. The van der Waals surface area contributed by atoms with Crippen molar-refractivity contribution in [1.29, 1.82) is 0 Å². The minimum atomic E-state index is -0.220. The van der Waals surface area contributed by atoms with Crippen molar-refractivity contribution in [2.75, 3.05) is 27.3 Å². The van der Waals surface area contributed by atoms with E-state index in [0.29, 0.717) is 0 Å². The molecule has 26 heavy (non-hydrogen) atoms. The molecule has 1 amide bonds. The van der Waals surface area contributed by atoms with Crippen LogP contribution < -0.4 is 0 Å². The van der Waals surface area contributed by atoms with Gasteiger partial charge >= 0.3 is 0 Å². The zero-order valence-electron chi connectivity index (χ0n) is 16.5. The summed E-state index contributed by atoms with van der Waals surface area (Å²) in [6.45, 7) is 7.25. The van der Waals surface area contributed by atoms with Gasteiger partial charge in [-0.3, -0.25) is 4.79 Å². The van der Waals surface area contributed by atoms with Gasteiger partial charge in [-0.2, -0.15) is 0 Å². The highest BCUT2D eigenvalue weighted by Crippen LogP contribution is 2.25. The molecule has 2 aromatic rings. The number of amides is 1. The molecule has 2 rings (SSSR count). The fourth-order valence-corrected chi connectivity index (χ4v) is 2.54. The van der Waals surface area contributed by atoms with Gasteiger partial charge in [-0.05, 0) is 31.9 Å². The second-order valence-corrected chi connectivity index (χ2v) is 5.97. The van der Waals surface area contributed by atoms with E-state index in [2.05, 4.69) is 0 Å². The number of benzene rings is 2. The molecule has 0 aliphatic heterocycles. The monoisotopic (exact) mass is 357 g/mol. The second kappa shape index (κ2) is 12.2. The molecule has 0 saturated heterocycles. The Kier molecular flexibility index (Phi) is 10.3. The summed E-state index contributed by atoms with van der Waals surface area (Å²) >= 11 is 0. The summed E-state index contributed by atoms with van der Waals surface area (Å²) in [6, 6.07) is 19.8. The van der Waals surface area contributed by atoms with Crippen LogP contribution in [0.3, 0.4) is 0 Å². The van der Waals surface area contributed by atoms with Crippen LogP contribution >= 0.6 is 0 Å². The predicted molar refractivity (Wildman–Crippen MR) is 106 cm³/mol. The van der Waals surface area contributed by atoms with Crippen LogP contribution in [0.5, 0.6) is 0 Å². The quantitative estimate of drug-likeness (QED) is 0.693. The van der Waals surface area contributed by atoms with Crippen LogP contribution in [-0.4, -0.2) is 44.4 Å². The van der Waals surface area contributed by atoms with Gasteiger partial charge in [-0.1, -0.05) is 60.7 Å². The number of rotatable bonds is 7.